The van der Waals surface area contributed by atoms with E-state index in [-0.39, 0.29) is 33.9 Å². The Balaban J connectivity index is 2.28. The van der Waals surface area contributed by atoms with Gasteiger partial charge in [-0.25, -0.2) is 18.2 Å². The number of carbonyl (C=O) groups is 1. The fourth-order valence-electron chi connectivity index (χ4n) is 3.19. The van der Waals surface area contributed by atoms with E-state index < -0.39 is 34.4 Å². The molecular formula is C21H20F3N3O4S. The summed E-state index contributed by atoms with van der Waals surface area (Å²) in [4.78, 5) is 11.8. The molecule has 0 saturated carbocycles. The molecule has 0 aliphatic heterocycles. The molecule has 170 valence electrons. The van der Waals surface area contributed by atoms with Crippen molar-refractivity contribution in [2.75, 3.05) is 6.61 Å². The van der Waals surface area contributed by atoms with Gasteiger partial charge in [0.25, 0.3) is 0 Å². The van der Waals surface area contributed by atoms with E-state index in [4.69, 9.17) is 9.88 Å². The monoisotopic (exact) mass is 467 g/mol. The Bertz CT molecular complexity index is 1230. The largest absolute Gasteiger partial charge is 0.465 e. The molecule has 0 unspecified atom stereocenters. The molecule has 3 aromatic rings. The van der Waals surface area contributed by atoms with E-state index >= 15 is 0 Å². The number of esters is 1. The summed E-state index contributed by atoms with van der Waals surface area (Å²) in [5.74, 6) is -0.868. The van der Waals surface area contributed by atoms with Gasteiger partial charge in [-0.15, -0.1) is 0 Å². The van der Waals surface area contributed by atoms with Crippen LogP contribution >= 0.6 is 0 Å². The molecule has 0 bridgehead atoms. The first-order valence-electron chi connectivity index (χ1n) is 9.45. The van der Waals surface area contributed by atoms with Gasteiger partial charge >= 0.3 is 12.1 Å². The number of primary sulfonamides is 1. The molecule has 0 radical (unpaired) electrons. The molecule has 2 N–H and O–H groups in total. The number of nitrogens with zero attached hydrogens (tertiary/aromatic N) is 2. The minimum atomic E-state index is -4.83. The van der Waals surface area contributed by atoms with Crippen LogP contribution in [0.4, 0.5) is 13.2 Å². The van der Waals surface area contributed by atoms with Gasteiger partial charge in [-0.2, -0.15) is 18.3 Å². The number of alkyl halides is 3. The lowest BCUT2D eigenvalue weighted by atomic mass is 9.98. The second kappa shape index (κ2) is 8.75. The number of sulfonamides is 1. The second-order valence-electron chi connectivity index (χ2n) is 6.97. The number of ether oxygens (including phenoxy) is 1. The zero-order valence-electron chi connectivity index (χ0n) is 17.2. The van der Waals surface area contributed by atoms with Crippen molar-refractivity contribution in [1.29, 1.82) is 0 Å². The molecule has 1 heterocycles. The van der Waals surface area contributed by atoms with Crippen LogP contribution in [0.1, 0.15) is 18.2 Å². The number of hydrogen-bond donors (Lipinski definition) is 1. The minimum Gasteiger partial charge on any atom is -0.465 e. The predicted molar refractivity (Wildman–Crippen MR) is 111 cm³/mol. The Kier molecular flexibility index (Phi) is 6.42. The number of aromatic nitrogens is 2. The third kappa shape index (κ3) is 5.00. The second-order valence-corrected chi connectivity index (χ2v) is 8.53. The van der Waals surface area contributed by atoms with Crippen LogP contribution in [0, 0.1) is 6.92 Å². The number of aryl methyl sites for hydroxylation is 1. The molecule has 0 atom stereocenters. The van der Waals surface area contributed by atoms with Crippen molar-refractivity contribution in [3.05, 3.63) is 59.8 Å². The van der Waals surface area contributed by atoms with Gasteiger partial charge in [0.2, 0.25) is 10.0 Å². The van der Waals surface area contributed by atoms with E-state index in [9.17, 15) is 26.4 Å². The van der Waals surface area contributed by atoms with Gasteiger partial charge in [0.05, 0.1) is 11.5 Å². The molecule has 0 saturated heterocycles. The minimum absolute atomic E-state index is 0.00809. The Morgan fingerprint density at radius 1 is 1.06 bits per heavy atom. The fourth-order valence-corrected chi connectivity index (χ4v) is 3.71. The Morgan fingerprint density at radius 2 is 1.62 bits per heavy atom. The maximum Gasteiger partial charge on any atom is 0.433 e. The summed E-state index contributed by atoms with van der Waals surface area (Å²) in [7, 11) is -3.98. The Morgan fingerprint density at radius 3 is 2.12 bits per heavy atom. The molecule has 0 amide bonds. The molecule has 2 aromatic carbocycles. The molecule has 11 heteroatoms. The maximum atomic E-state index is 14.2. The van der Waals surface area contributed by atoms with Crippen LogP contribution in [-0.4, -0.2) is 30.8 Å². The summed E-state index contributed by atoms with van der Waals surface area (Å²) < 4.78 is 70.9. The average Bonchev–Trinajstić information content (AvgIpc) is 3.07. The first-order valence-corrected chi connectivity index (χ1v) is 11.0. The van der Waals surface area contributed by atoms with E-state index in [1.807, 2.05) is 0 Å². The van der Waals surface area contributed by atoms with Crippen LogP contribution in [0.2, 0.25) is 0 Å². The molecule has 3 rings (SSSR count). The van der Waals surface area contributed by atoms with Crippen molar-refractivity contribution in [3.63, 3.8) is 0 Å². The number of rotatable bonds is 6. The van der Waals surface area contributed by atoms with Gasteiger partial charge in [0, 0.05) is 11.1 Å². The van der Waals surface area contributed by atoms with E-state index in [0.29, 0.717) is 4.68 Å². The van der Waals surface area contributed by atoms with Crippen molar-refractivity contribution in [2.45, 2.75) is 31.5 Å². The number of carbonyl (C=O) groups excluding carboxylic acids is 1. The van der Waals surface area contributed by atoms with Gasteiger partial charge in [-0.1, -0.05) is 42.0 Å². The third-order valence-corrected chi connectivity index (χ3v) is 5.53. The lowest BCUT2D eigenvalue weighted by Crippen LogP contribution is -2.21. The normalized spacial score (nSPS) is 12.1. The average molecular weight is 467 g/mol. The van der Waals surface area contributed by atoms with E-state index in [0.717, 1.165) is 5.56 Å². The highest BCUT2D eigenvalue weighted by Crippen LogP contribution is 2.42. The van der Waals surface area contributed by atoms with Gasteiger partial charge in [0.15, 0.2) is 5.69 Å². The first kappa shape index (κ1) is 23.5. The first-order chi connectivity index (χ1) is 14.9. The highest BCUT2D eigenvalue weighted by molar-refractivity contribution is 7.89. The summed E-state index contributed by atoms with van der Waals surface area (Å²) in [6.45, 7) is 2.61. The topological polar surface area (TPSA) is 104 Å². The molecule has 0 fully saturated rings. The number of hydrogen-bond acceptors (Lipinski definition) is 5. The third-order valence-electron chi connectivity index (χ3n) is 4.60. The molecule has 0 aliphatic carbocycles. The zero-order valence-corrected chi connectivity index (χ0v) is 18.0. The Hall–Kier alpha value is -3.18. The van der Waals surface area contributed by atoms with Crippen molar-refractivity contribution in [3.8, 4) is 22.4 Å². The van der Waals surface area contributed by atoms with Gasteiger partial charge < -0.3 is 4.74 Å². The van der Waals surface area contributed by atoms with Crippen molar-refractivity contribution >= 4 is 16.0 Å². The van der Waals surface area contributed by atoms with Crippen LogP contribution in [0.25, 0.3) is 22.4 Å². The summed E-state index contributed by atoms with van der Waals surface area (Å²) >= 11 is 0. The molecular weight excluding hydrogens is 447 g/mol. The summed E-state index contributed by atoms with van der Waals surface area (Å²) in [6.07, 6.45) is -4.83. The lowest BCUT2D eigenvalue weighted by molar-refractivity contribution is -0.149. The summed E-state index contributed by atoms with van der Waals surface area (Å²) in [5, 5.41) is 9.18. The quantitative estimate of drug-likeness (QED) is 0.556. The molecule has 32 heavy (non-hydrogen) atoms. The molecule has 1 aromatic heterocycles. The predicted octanol–water partition coefficient (Wildman–Crippen LogP) is 3.75. The van der Waals surface area contributed by atoms with Gasteiger partial charge in [-0.05, 0) is 31.5 Å². The highest BCUT2D eigenvalue weighted by Gasteiger charge is 2.41. The van der Waals surface area contributed by atoms with E-state index in [1.165, 1.54) is 36.4 Å². The Labute approximate surface area is 182 Å². The number of halogens is 3. The smallest absolute Gasteiger partial charge is 0.433 e. The van der Waals surface area contributed by atoms with Crippen molar-refractivity contribution < 1.29 is 31.1 Å². The van der Waals surface area contributed by atoms with Crippen LogP contribution in [-0.2, 0) is 32.3 Å². The number of benzene rings is 2. The molecule has 0 aliphatic rings. The van der Waals surface area contributed by atoms with Crippen molar-refractivity contribution in [1.82, 2.24) is 9.78 Å². The highest BCUT2D eigenvalue weighted by atomic mass is 32.2. The van der Waals surface area contributed by atoms with Crippen LogP contribution in [0.15, 0.2) is 53.4 Å². The maximum absolute atomic E-state index is 14.2. The standard InChI is InChI=1S/C21H20F3N3O4S/c1-3-31-17(28)12-27-20(21(22,23)24)18(14-6-4-13(2)5-7-14)19(26-27)15-8-10-16(11-9-15)32(25,29)30/h4-11H,3,12H2,1-2H3,(H2,25,29,30). The van der Waals surface area contributed by atoms with E-state index in [1.54, 1.807) is 26.0 Å². The summed E-state index contributed by atoms with van der Waals surface area (Å²) in [5.41, 5.74) is -0.0959. The SMILES string of the molecule is CCOC(=O)Cn1nc(-c2ccc(S(N)(=O)=O)cc2)c(-c2ccc(C)cc2)c1C(F)(F)F. The lowest BCUT2D eigenvalue weighted by Gasteiger charge is -2.13. The van der Waals surface area contributed by atoms with Crippen LogP contribution in [0.5, 0.6) is 0 Å². The fraction of sp³-hybridized carbons (Fsp3) is 0.238. The summed E-state index contributed by atoms with van der Waals surface area (Å²) in [6, 6.07) is 11.4. The van der Waals surface area contributed by atoms with Gasteiger partial charge in [-0.3, -0.25) is 4.79 Å². The zero-order chi connectivity index (χ0) is 23.7. The van der Waals surface area contributed by atoms with Gasteiger partial charge in [0.1, 0.15) is 12.2 Å². The molecule has 7 nitrogen and oxygen atoms in total. The van der Waals surface area contributed by atoms with Crippen molar-refractivity contribution in [2.24, 2.45) is 5.14 Å². The number of nitrogens with two attached hydrogens (primary N) is 1. The molecule has 0 spiro atoms. The van der Waals surface area contributed by atoms with Crippen LogP contribution in [0.3, 0.4) is 0 Å². The van der Waals surface area contributed by atoms with E-state index in [2.05, 4.69) is 5.10 Å². The van der Waals surface area contributed by atoms with Crippen LogP contribution < -0.4 is 5.14 Å².